The third kappa shape index (κ3) is 1.76. The van der Waals surface area contributed by atoms with Crippen molar-refractivity contribution in [3.63, 3.8) is 0 Å². The van der Waals surface area contributed by atoms with E-state index in [-0.39, 0.29) is 0 Å². The Morgan fingerprint density at radius 2 is 1.88 bits per heavy atom. The van der Waals surface area contributed by atoms with Gasteiger partial charge in [-0.05, 0) is 17.7 Å². The predicted octanol–water partition coefficient (Wildman–Crippen LogP) is 3.40. The highest BCUT2D eigenvalue weighted by atomic mass is 16.5. The van der Waals surface area contributed by atoms with Crippen LogP contribution < -0.4 is 10.1 Å². The molecule has 1 N–H and O–H groups in total. The fourth-order valence-corrected chi connectivity index (χ4v) is 2.43. The third-order valence-corrected chi connectivity index (χ3v) is 3.29. The summed E-state index contributed by atoms with van der Waals surface area (Å²) in [5.74, 6) is 0.980. The Morgan fingerprint density at radius 1 is 1.06 bits per heavy atom. The van der Waals surface area contributed by atoms with Crippen LogP contribution in [0.15, 0.2) is 48.5 Å². The number of benzene rings is 2. The van der Waals surface area contributed by atoms with Crippen LogP contribution in [0.5, 0.6) is 5.75 Å². The SMILES string of the molecule is COc1cccc2c1CC(c1ccccc1)N2. The molecule has 0 spiro atoms. The number of rotatable bonds is 2. The number of fused-ring (bicyclic) bond motifs is 1. The van der Waals surface area contributed by atoms with Gasteiger partial charge in [0.1, 0.15) is 5.75 Å². The number of methoxy groups -OCH3 is 1. The van der Waals surface area contributed by atoms with Gasteiger partial charge in [-0.2, -0.15) is 0 Å². The van der Waals surface area contributed by atoms with Crippen molar-refractivity contribution in [1.29, 1.82) is 0 Å². The fourth-order valence-electron chi connectivity index (χ4n) is 2.43. The molecule has 1 unspecified atom stereocenters. The highest BCUT2D eigenvalue weighted by Crippen LogP contribution is 2.38. The van der Waals surface area contributed by atoms with Crippen molar-refractivity contribution in [2.75, 3.05) is 12.4 Å². The minimum atomic E-state index is 0.363. The first kappa shape index (κ1) is 10.2. The molecule has 86 valence electrons. The molecule has 3 rings (SSSR count). The van der Waals surface area contributed by atoms with Gasteiger partial charge in [0.25, 0.3) is 0 Å². The van der Waals surface area contributed by atoms with Crippen molar-refractivity contribution in [1.82, 2.24) is 0 Å². The number of hydrogen-bond acceptors (Lipinski definition) is 2. The molecule has 0 radical (unpaired) electrons. The zero-order valence-corrected chi connectivity index (χ0v) is 9.81. The maximum absolute atomic E-state index is 5.40. The summed E-state index contributed by atoms with van der Waals surface area (Å²) in [6, 6.07) is 17.1. The lowest BCUT2D eigenvalue weighted by molar-refractivity contribution is 0.410. The summed E-state index contributed by atoms with van der Waals surface area (Å²) in [7, 11) is 1.73. The average Bonchev–Trinajstić information content (AvgIpc) is 2.83. The van der Waals surface area contributed by atoms with Gasteiger partial charge in [-0.25, -0.2) is 0 Å². The Labute approximate surface area is 101 Å². The van der Waals surface area contributed by atoms with Crippen molar-refractivity contribution < 1.29 is 4.74 Å². The fraction of sp³-hybridized carbons (Fsp3) is 0.200. The lowest BCUT2D eigenvalue weighted by Crippen LogP contribution is -2.04. The van der Waals surface area contributed by atoms with Crippen LogP contribution in [0, 0.1) is 0 Å². The Balaban J connectivity index is 1.93. The quantitative estimate of drug-likeness (QED) is 0.845. The van der Waals surface area contributed by atoms with Crippen LogP contribution in [-0.2, 0) is 6.42 Å². The van der Waals surface area contributed by atoms with E-state index in [0.717, 1.165) is 12.2 Å². The van der Waals surface area contributed by atoms with E-state index in [9.17, 15) is 0 Å². The maximum Gasteiger partial charge on any atom is 0.124 e. The summed E-state index contributed by atoms with van der Waals surface area (Å²) in [5, 5.41) is 3.55. The lowest BCUT2D eigenvalue weighted by atomic mass is 10.0. The van der Waals surface area contributed by atoms with Crippen molar-refractivity contribution in [2.45, 2.75) is 12.5 Å². The molecule has 1 atom stereocenters. The molecule has 17 heavy (non-hydrogen) atoms. The van der Waals surface area contributed by atoms with Gasteiger partial charge in [0.2, 0.25) is 0 Å². The van der Waals surface area contributed by atoms with Crippen LogP contribution in [0.25, 0.3) is 0 Å². The van der Waals surface area contributed by atoms with Gasteiger partial charge in [0, 0.05) is 17.7 Å². The van der Waals surface area contributed by atoms with Crippen LogP contribution in [0.1, 0.15) is 17.2 Å². The highest BCUT2D eigenvalue weighted by molar-refractivity contribution is 5.63. The molecule has 1 aliphatic rings. The number of hydrogen-bond donors (Lipinski definition) is 1. The second-order valence-electron chi connectivity index (χ2n) is 4.30. The van der Waals surface area contributed by atoms with Gasteiger partial charge in [0.15, 0.2) is 0 Å². The van der Waals surface area contributed by atoms with Crippen LogP contribution in [0.3, 0.4) is 0 Å². The monoisotopic (exact) mass is 225 g/mol. The Hall–Kier alpha value is -1.96. The third-order valence-electron chi connectivity index (χ3n) is 3.29. The van der Waals surface area contributed by atoms with E-state index >= 15 is 0 Å². The van der Waals surface area contributed by atoms with Crippen LogP contribution in [0.2, 0.25) is 0 Å². The summed E-state index contributed by atoms with van der Waals surface area (Å²) in [6.45, 7) is 0. The standard InChI is InChI=1S/C15H15NO/c1-17-15-9-5-8-13-12(15)10-14(16-13)11-6-3-2-4-7-11/h2-9,14,16H,10H2,1H3. The Bertz CT molecular complexity index is 522. The van der Waals surface area contributed by atoms with E-state index < -0.39 is 0 Å². The predicted molar refractivity (Wildman–Crippen MR) is 69.5 cm³/mol. The Morgan fingerprint density at radius 3 is 2.65 bits per heavy atom. The van der Waals surface area contributed by atoms with Crippen molar-refractivity contribution in [2.24, 2.45) is 0 Å². The summed E-state index contributed by atoms with van der Waals surface area (Å²) >= 11 is 0. The normalized spacial score (nSPS) is 17.4. The number of ether oxygens (including phenoxy) is 1. The molecule has 0 fully saturated rings. The van der Waals surface area contributed by atoms with Gasteiger partial charge in [-0.1, -0.05) is 36.4 Å². The van der Waals surface area contributed by atoms with Gasteiger partial charge < -0.3 is 10.1 Å². The van der Waals surface area contributed by atoms with E-state index in [4.69, 9.17) is 4.74 Å². The Kier molecular flexibility index (Phi) is 2.48. The molecule has 0 saturated carbocycles. The zero-order chi connectivity index (χ0) is 11.7. The van der Waals surface area contributed by atoms with Crippen molar-refractivity contribution in [3.8, 4) is 5.75 Å². The van der Waals surface area contributed by atoms with Crippen LogP contribution >= 0.6 is 0 Å². The van der Waals surface area contributed by atoms with Gasteiger partial charge in [-0.15, -0.1) is 0 Å². The second kappa shape index (κ2) is 4.13. The minimum absolute atomic E-state index is 0.363. The van der Waals surface area contributed by atoms with Gasteiger partial charge in [-0.3, -0.25) is 0 Å². The topological polar surface area (TPSA) is 21.3 Å². The number of nitrogens with one attached hydrogen (secondary N) is 1. The first-order chi connectivity index (χ1) is 8.38. The van der Waals surface area contributed by atoms with E-state index in [1.807, 2.05) is 18.2 Å². The smallest absolute Gasteiger partial charge is 0.124 e. The van der Waals surface area contributed by atoms with Crippen LogP contribution in [-0.4, -0.2) is 7.11 Å². The summed E-state index contributed by atoms with van der Waals surface area (Å²) in [6.07, 6.45) is 0.989. The van der Waals surface area contributed by atoms with Crippen molar-refractivity contribution in [3.05, 3.63) is 59.7 Å². The van der Waals surface area contributed by atoms with Crippen LogP contribution in [0.4, 0.5) is 5.69 Å². The van der Waals surface area contributed by atoms with E-state index in [2.05, 4.69) is 35.6 Å². The molecule has 1 heterocycles. The largest absolute Gasteiger partial charge is 0.496 e. The average molecular weight is 225 g/mol. The molecule has 0 amide bonds. The van der Waals surface area contributed by atoms with E-state index in [1.54, 1.807) is 7.11 Å². The molecule has 2 nitrogen and oxygen atoms in total. The summed E-state index contributed by atoms with van der Waals surface area (Å²) < 4.78 is 5.40. The highest BCUT2D eigenvalue weighted by Gasteiger charge is 2.24. The van der Waals surface area contributed by atoms with E-state index in [0.29, 0.717) is 6.04 Å². The minimum Gasteiger partial charge on any atom is -0.496 e. The molecule has 0 aromatic heterocycles. The van der Waals surface area contributed by atoms with Gasteiger partial charge >= 0.3 is 0 Å². The first-order valence-electron chi connectivity index (χ1n) is 5.86. The molecule has 0 saturated heterocycles. The molecule has 2 heteroatoms. The molecule has 0 aliphatic carbocycles. The zero-order valence-electron chi connectivity index (χ0n) is 9.81. The number of anilines is 1. The lowest BCUT2D eigenvalue weighted by Gasteiger charge is -2.10. The van der Waals surface area contributed by atoms with Crippen molar-refractivity contribution >= 4 is 5.69 Å². The molecular weight excluding hydrogens is 210 g/mol. The van der Waals surface area contributed by atoms with Gasteiger partial charge in [0.05, 0.1) is 13.2 Å². The van der Waals surface area contributed by atoms with E-state index in [1.165, 1.54) is 16.8 Å². The maximum atomic E-state index is 5.40. The first-order valence-corrected chi connectivity index (χ1v) is 5.86. The molecule has 2 aromatic carbocycles. The summed E-state index contributed by atoms with van der Waals surface area (Å²) in [4.78, 5) is 0. The molecular formula is C15H15NO. The molecule has 2 aromatic rings. The summed E-state index contributed by atoms with van der Waals surface area (Å²) in [5.41, 5.74) is 3.80. The molecule has 0 bridgehead atoms. The molecule has 1 aliphatic heterocycles. The second-order valence-corrected chi connectivity index (χ2v) is 4.30.